The number of benzene rings is 2. The van der Waals surface area contributed by atoms with E-state index in [-0.39, 0.29) is 19.0 Å². The largest absolute Gasteiger partial charge is 0.466 e. The second-order valence-electron chi connectivity index (χ2n) is 5.15. The molecule has 23 heavy (non-hydrogen) atoms. The molecule has 0 aromatic heterocycles. The van der Waals surface area contributed by atoms with Crippen LogP contribution in [0, 0.1) is 0 Å². The van der Waals surface area contributed by atoms with Crippen molar-refractivity contribution in [2.75, 3.05) is 6.61 Å². The summed E-state index contributed by atoms with van der Waals surface area (Å²) in [5.41, 5.74) is 2.44. The molecule has 2 aromatic rings. The molecule has 0 heterocycles. The van der Waals surface area contributed by atoms with Crippen LogP contribution in [0.4, 0.5) is 0 Å². The SMILES string of the molecule is Bc1ccc(Oc2cc(Cl)cc(CC(=O)OCC)c2)c(CO)c1. The topological polar surface area (TPSA) is 55.8 Å². The van der Waals surface area contributed by atoms with Crippen LogP contribution < -0.4 is 10.2 Å². The van der Waals surface area contributed by atoms with Crippen molar-refractivity contribution < 1.29 is 19.4 Å². The van der Waals surface area contributed by atoms with Gasteiger partial charge in [-0.2, -0.15) is 0 Å². The zero-order valence-electron chi connectivity index (χ0n) is 13.1. The molecule has 1 N–H and O–H groups in total. The predicted molar refractivity (Wildman–Crippen MR) is 92.4 cm³/mol. The number of esters is 1. The predicted octanol–water partition coefficient (Wildman–Crippen LogP) is 1.99. The molecule has 0 fully saturated rings. The van der Waals surface area contributed by atoms with Gasteiger partial charge in [0.2, 0.25) is 0 Å². The third-order valence-electron chi connectivity index (χ3n) is 3.20. The lowest BCUT2D eigenvalue weighted by Crippen LogP contribution is -2.07. The molecule has 0 spiro atoms. The van der Waals surface area contributed by atoms with Crippen LogP contribution in [0.25, 0.3) is 0 Å². The molecule has 0 saturated heterocycles. The number of hydrogen-bond acceptors (Lipinski definition) is 4. The minimum Gasteiger partial charge on any atom is -0.466 e. The van der Waals surface area contributed by atoms with Gasteiger partial charge in [0.25, 0.3) is 0 Å². The molecule has 0 aliphatic heterocycles. The lowest BCUT2D eigenvalue weighted by atomic mass is 9.94. The van der Waals surface area contributed by atoms with Crippen molar-refractivity contribution in [3.05, 3.63) is 52.5 Å². The van der Waals surface area contributed by atoms with Gasteiger partial charge in [0.15, 0.2) is 0 Å². The number of rotatable bonds is 6. The number of ether oxygens (including phenoxy) is 2. The summed E-state index contributed by atoms with van der Waals surface area (Å²) in [5.74, 6) is 0.755. The van der Waals surface area contributed by atoms with Gasteiger partial charge in [0.1, 0.15) is 19.3 Å². The first-order valence-corrected chi connectivity index (χ1v) is 7.73. The van der Waals surface area contributed by atoms with Gasteiger partial charge in [0, 0.05) is 10.6 Å². The Kier molecular flexibility index (Phi) is 6.08. The quantitative estimate of drug-likeness (QED) is 0.649. The van der Waals surface area contributed by atoms with Crippen LogP contribution in [0.2, 0.25) is 5.02 Å². The molecule has 2 rings (SSSR count). The van der Waals surface area contributed by atoms with Crippen molar-refractivity contribution in [2.45, 2.75) is 20.0 Å². The minimum absolute atomic E-state index is 0.118. The van der Waals surface area contributed by atoms with Crippen LogP contribution in [-0.4, -0.2) is 25.5 Å². The van der Waals surface area contributed by atoms with Gasteiger partial charge in [-0.25, -0.2) is 0 Å². The smallest absolute Gasteiger partial charge is 0.310 e. The Morgan fingerprint density at radius 3 is 2.74 bits per heavy atom. The van der Waals surface area contributed by atoms with Gasteiger partial charge in [-0.1, -0.05) is 29.2 Å². The molecule has 0 atom stereocenters. The van der Waals surface area contributed by atoms with Gasteiger partial charge in [0.05, 0.1) is 19.6 Å². The fourth-order valence-electron chi connectivity index (χ4n) is 2.22. The van der Waals surface area contributed by atoms with Gasteiger partial charge < -0.3 is 14.6 Å². The third kappa shape index (κ3) is 5.01. The number of aliphatic hydroxyl groups is 1. The number of carbonyl (C=O) groups is 1. The van der Waals surface area contributed by atoms with Crippen molar-refractivity contribution in [3.63, 3.8) is 0 Å². The summed E-state index contributed by atoms with van der Waals surface area (Å²) in [6.07, 6.45) is 0.130. The monoisotopic (exact) mass is 332 g/mol. The van der Waals surface area contributed by atoms with E-state index in [0.717, 1.165) is 5.46 Å². The summed E-state index contributed by atoms with van der Waals surface area (Å²) in [6, 6.07) is 10.7. The molecule has 0 unspecified atom stereocenters. The summed E-state index contributed by atoms with van der Waals surface area (Å²) in [4.78, 5) is 11.6. The molecule has 0 amide bonds. The average molecular weight is 333 g/mol. The van der Waals surface area contributed by atoms with E-state index >= 15 is 0 Å². The van der Waals surface area contributed by atoms with Crippen LogP contribution in [-0.2, 0) is 22.6 Å². The van der Waals surface area contributed by atoms with Crippen molar-refractivity contribution >= 4 is 30.9 Å². The van der Waals surface area contributed by atoms with Gasteiger partial charge in [-0.15, -0.1) is 0 Å². The van der Waals surface area contributed by atoms with E-state index in [9.17, 15) is 9.90 Å². The molecule has 2 aromatic carbocycles. The standard InChI is InChI=1S/C17H18BClO4/c1-2-22-17(21)7-11-5-14(19)9-15(6-11)23-16-4-3-13(18)8-12(16)10-20/h3-6,8-9,20H,2,7,10,18H2,1H3. The second-order valence-corrected chi connectivity index (χ2v) is 5.58. The summed E-state index contributed by atoms with van der Waals surface area (Å²) < 4.78 is 10.8. The Balaban J connectivity index is 2.23. The third-order valence-corrected chi connectivity index (χ3v) is 3.42. The minimum atomic E-state index is -0.313. The van der Waals surface area contributed by atoms with Crippen LogP contribution in [0.5, 0.6) is 11.5 Å². The number of halogens is 1. The zero-order chi connectivity index (χ0) is 16.8. The fourth-order valence-corrected chi connectivity index (χ4v) is 2.47. The Morgan fingerprint density at radius 2 is 2.04 bits per heavy atom. The van der Waals surface area contributed by atoms with Gasteiger partial charge in [-0.05, 0) is 36.8 Å². The molecule has 4 nitrogen and oxygen atoms in total. The van der Waals surface area contributed by atoms with E-state index in [1.807, 2.05) is 20.0 Å². The maximum atomic E-state index is 11.6. The highest BCUT2D eigenvalue weighted by Gasteiger charge is 2.09. The first-order chi connectivity index (χ1) is 11.0. The molecule has 0 radical (unpaired) electrons. The van der Waals surface area contributed by atoms with Crippen LogP contribution in [0.1, 0.15) is 18.1 Å². The fraction of sp³-hybridized carbons (Fsp3) is 0.235. The van der Waals surface area contributed by atoms with E-state index in [2.05, 4.69) is 0 Å². The van der Waals surface area contributed by atoms with Crippen molar-refractivity contribution in [3.8, 4) is 11.5 Å². The number of carbonyl (C=O) groups excluding carboxylic acids is 1. The van der Waals surface area contributed by atoms with E-state index in [4.69, 9.17) is 21.1 Å². The van der Waals surface area contributed by atoms with Crippen LogP contribution >= 0.6 is 11.6 Å². The molecular weight excluding hydrogens is 314 g/mol. The van der Waals surface area contributed by atoms with Gasteiger partial charge >= 0.3 is 5.97 Å². The summed E-state index contributed by atoms with van der Waals surface area (Å²) in [6.45, 7) is 1.98. The van der Waals surface area contributed by atoms with Crippen molar-refractivity contribution in [1.29, 1.82) is 0 Å². The Bertz CT molecular complexity index is 703. The molecule has 0 aliphatic rings. The highest BCUT2D eigenvalue weighted by atomic mass is 35.5. The Labute approximate surface area is 141 Å². The van der Waals surface area contributed by atoms with Crippen molar-refractivity contribution in [1.82, 2.24) is 0 Å². The van der Waals surface area contributed by atoms with E-state index in [0.29, 0.717) is 34.3 Å². The zero-order valence-corrected chi connectivity index (χ0v) is 13.9. The van der Waals surface area contributed by atoms with Crippen LogP contribution in [0.15, 0.2) is 36.4 Å². The van der Waals surface area contributed by atoms with Crippen molar-refractivity contribution in [2.24, 2.45) is 0 Å². The Hall–Kier alpha value is -1.98. The molecular formula is C17H18BClO4. The van der Waals surface area contributed by atoms with E-state index < -0.39 is 0 Å². The first-order valence-electron chi connectivity index (χ1n) is 7.35. The number of aliphatic hydroxyl groups excluding tert-OH is 1. The lowest BCUT2D eigenvalue weighted by Gasteiger charge is -2.12. The normalized spacial score (nSPS) is 10.4. The highest BCUT2D eigenvalue weighted by molar-refractivity contribution is 6.32. The van der Waals surface area contributed by atoms with Gasteiger partial charge in [-0.3, -0.25) is 4.79 Å². The van der Waals surface area contributed by atoms with E-state index in [1.165, 1.54) is 0 Å². The first kappa shape index (κ1) is 17.4. The summed E-state index contributed by atoms with van der Waals surface area (Å²) in [7, 11) is 1.94. The molecule has 120 valence electrons. The highest BCUT2D eigenvalue weighted by Crippen LogP contribution is 2.28. The summed E-state index contributed by atoms with van der Waals surface area (Å²) in [5, 5.41) is 9.91. The molecule has 0 saturated carbocycles. The number of hydrogen-bond donors (Lipinski definition) is 1. The molecule has 0 bridgehead atoms. The average Bonchev–Trinajstić information content (AvgIpc) is 2.48. The van der Waals surface area contributed by atoms with E-state index in [1.54, 1.807) is 31.2 Å². The maximum absolute atomic E-state index is 11.6. The molecule has 0 aliphatic carbocycles. The summed E-state index contributed by atoms with van der Waals surface area (Å²) >= 11 is 6.09. The second kappa shape index (κ2) is 8.04. The van der Waals surface area contributed by atoms with Crippen LogP contribution in [0.3, 0.4) is 0 Å². The Morgan fingerprint density at radius 1 is 1.26 bits per heavy atom. The molecule has 6 heteroatoms. The maximum Gasteiger partial charge on any atom is 0.310 e. The lowest BCUT2D eigenvalue weighted by molar-refractivity contribution is -0.142.